The van der Waals surface area contributed by atoms with Crippen LogP contribution in [0.15, 0.2) is 71.1 Å². The minimum Gasteiger partial charge on any atom is -0.436 e. The van der Waals surface area contributed by atoms with Gasteiger partial charge in [-0.2, -0.15) is 0 Å². The third-order valence-corrected chi connectivity index (χ3v) is 5.60. The standard InChI is InChI=1S/C22H16IN3O2S/c1-13-14(21-24-18-10-4-5-12-19(18)28-21)8-6-11-17(13)25-22(29)26-20(27)15-7-2-3-9-16(15)23/h2-12H,1H3,(H2,25,26,27,29). The summed E-state index contributed by atoms with van der Waals surface area (Å²) in [5.41, 5.74) is 4.68. The van der Waals surface area contributed by atoms with Crippen molar-refractivity contribution in [2.45, 2.75) is 6.92 Å². The highest BCUT2D eigenvalue weighted by molar-refractivity contribution is 14.1. The molecule has 0 atom stereocenters. The number of para-hydroxylation sites is 2. The Bertz CT molecular complexity index is 1200. The van der Waals surface area contributed by atoms with E-state index in [1.165, 1.54) is 0 Å². The van der Waals surface area contributed by atoms with Crippen LogP contribution in [0.25, 0.3) is 22.6 Å². The van der Waals surface area contributed by atoms with Gasteiger partial charge in [0.15, 0.2) is 10.7 Å². The fourth-order valence-corrected chi connectivity index (χ4v) is 3.79. The zero-order valence-corrected chi connectivity index (χ0v) is 18.4. The van der Waals surface area contributed by atoms with Crippen LogP contribution >= 0.6 is 34.8 Å². The Kier molecular flexibility index (Phi) is 5.59. The molecule has 0 aliphatic rings. The number of rotatable bonds is 3. The number of nitrogens with one attached hydrogen (secondary N) is 2. The Hall–Kier alpha value is -2.78. The van der Waals surface area contributed by atoms with Crippen LogP contribution in [0, 0.1) is 10.5 Å². The summed E-state index contributed by atoms with van der Waals surface area (Å²) in [6.45, 7) is 1.96. The van der Waals surface area contributed by atoms with Crippen LogP contribution in [0.3, 0.4) is 0 Å². The van der Waals surface area contributed by atoms with Gasteiger partial charge in [0, 0.05) is 14.8 Å². The third-order valence-electron chi connectivity index (χ3n) is 4.45. The molecule has 0 unspecified atom stereocenters. The summed E-state index contributed by atoms with van der Waals surface area (Å²) in [5, 5.41) is 6.06. The van der Waals surface area contributed by atoms with Crippen molar-refractivity contribution in [1.29, 1.82) is 0 Å². The normalized spacial score (nSPS) is 10.7. The van der Waals surface area contributed by atoms with E-state index in [0.717, 1.165) is 31.5 Å². The average Bonchev–Trinajstić information content (AvgIpc) is 3.13. The van der Waals surface area contributed by atoms with Crippen molar-refractivity contribution in [3.63, 3.8) is 0 Å². The smallest absolute Gasteiger partial charge is 0.258 e. The second-order valence-corrected chi connectivity index (χ2v) is 7.92. The lowest BCUT2D eigenvalue weighted by Crippen LogP contribution is -2.34. The first-order valence-corrected chi connectivity index (χ1v) is 10.3. The molecule has 0 radical (unpaired) electrons. The van der Waals surface area contributed by atoms with E-state index in [9.17, 15) is 4.79 Å². The lowest BCUT2D eigenvalue weighted by atomic mass is 10.1. The molecule has 3 aromatic carbocycles. The molecule has 0 saturated heterocycles. The molecule has 0 fully saturated rings. The van der Waals surface area contributed by atoms with Crippen molar-refractivity contribution >= 4 is 62.6 Å². The van der Waals surface area contributed by atoms with Crippen LogP contribution in [0.5, 0.6) is 0 Å². The summed E-state index contributed by atoms with van der Waals surface area (Å²) < 4.78 is 6.75. The second-order valence-electron chi connectivity index (χ2n) is 6.35. The number of thiocarbonyl (C=S) groups is 1. The highest BCUT2D eigenvalue weighted by atomic mass is 127. The van der Waals surface area contributed by atoms with Crippen molar-refractivity contribution in [1.82, 2.24) is 10.3 Å². The molecule has 2 N–H and O–H groups in total. The van der Waals surface area contributed by atoms with Crippen LogP contribution in [-0.2, 0) is 0 Å². The van der Waals surface area contributed by atoms with E-state index in [1.807, 2.05) is 67.6 Å². The zero-order chi connectivity index (χ0) is 20.4. The summed E-state index contributed by atoms with van der Waals surface area (Å²) in [4.78, 5) is 17.0. The van der Waals surface area contributed by atoms with Crippen molar-refractivity contribution < 1.29 is 9.21 Å². The van der Waals surface area contributed by atoms with Crippen LogP contribution in [-0.4, -0.2) is 16.0 Å². The first kappa shape index (κ1) is 19.5. The lowest BCUT2D eigenvalue weighted by Gasteiger charge is -2.13. The molecule has 1 aromatic heterocycles. The van der Waals surface area contributed by atoms with Gasteiger partial charge in [0.25, 0.3) is 5.91 Å². The quantitative estimate of drug-likeness (QED) is 0.279. The summed E-state index contributed by atoms with van der Waals surface area (Å²) in [5.74, 6) is 0.293. The lowest BCUT2D eigenvalue weighted by molar-refractivity contribution is 0.0977. The van der Waals surface area contributed by atoms with Crippen molar-refractivity contribution in [2.75, 3.05) is 5.32 Å². The van der Waals surface area contributed by atoms with Crippen molar-refractivity contribution in [2.24, 2.45) is 0 Å². The Labute approximate surface area is 186 Å². The number of carbonyl (C=O) groups excluding carboxylic acids is 1. The number of amides is 1. The Morgan fingerprint density at radius 2 is 1.79 bits per heavy atom. The van der Waals surface area contributed by atoms with Gasteiger partial charge in [-0.05, 0) is 83.7 Å². The van der Waals surface area contributed by atoms with Crippen molar-refractivity contribution in [3.05, 3.63) is 81.4 Å². The zero-order valence-electron chi connectivity index (χ0n) is 15.4. The Balaban J connectivity index is 1.55. The number of anilines is 1. The Morgan fingerprint density at radius 1 is 1.03 bits per heavy atom. The topological polar surface area (TPSA) is 67.2 Å². The molecule has 0 saturated carbocycles. The first-order chi connectivity index (χ1) is 14.0. The molecule has 1 amide bonds. The van der Waals surface area contributed by atoms with E-state index in [0.29, 0.717) is 11.5 Å². The molecule has 1 heterocycles. The Morgan fingerprint density at radius 3 is 2.59 bits per heavy atom. The minimum absolute atomic E-state index is 0.229. The number of oxazole rings is 1. The minimum atomic E-state index is -0.250. The number of fused-ring (bicyclic) bond motifs is 1. The van der Waals surface area contributed by atoms with E-state index in [-0.39, 0.29) is 11.0 Å². The number of carbonyl (C=O) groups is 1. The van der Waals surface area contributed by atoms with Crippen LogP contribution < -0.4 is 10.6 Å². The number of hydrogen-bond donors (Lipinski definition) is 2. The summed E-state index contributed by atoms with van der Waals surface area (Å²) in [6, 6.07) is 20.7. The van der Waals surface area contributed by atoms with E-state index < -0.39 is 0 Å². The highest BCUT2D eigenvalue weighted by Gasteiger charge is 2.15. The molecule has 0 bridgehead atoms. The molecule has 4 rings (SSSR count). The predicted molar refractivity (Wildman–Crippen MR) is 127 cm³/mol. The number of aromatic nitrogens is 1. The molecule has 5 nitrogen and oxygen atoms in total. The van der Waals surface area contributed by atoms with Crippen molar-refractivity contribution in [3.8, 4) is 11.5 Å². The maximum absolute atomic E-state index is 12.5. The number of nitrogens with zero attached hydrogens (tertiary/aromatic N) is 1. The van der Waals surface area contributed by atoms with Gasteiger partial charge in [-0.1, -0.05) is 30.3 Å². The van der Waals surface area contributed by atoms with Crippen LogP contribution in [0.4, 0.5) is 5.69 Å². The molecule has 7 heteroatoms. The highest BCUT2D eigenvalue weighted by Crippen LogP contribution is 2.30. The average molecular weight is 513 g/mol. The molecule has 29 heavy (non-hydrogen) atoms. The summed E-state index contributed by atoms with van der Waals surface area (Å²) in [7, 11) is 0. The maximum Gasteiger partial charge on any atom is 0.258 e. The van der Waals surface area contributed by atoms with Gasteiger partial charge >= 0.3 is 0 Å². The van der Waals surface area contributed by atoms with Gasteiger partial charge in [-0.3, -0.25) is 10.1 Å². The van der Waals surface area contributed by atoms with Gasteiger partial charge in [0.05, 0.1) is 5.56 Å². The third kappa shape index (κ3) is 4.15. The van der Waals surface area contributed by atoms with Gasteiger partial charge in [0.1, 0.15) is 5.52 Å². The monoisotopic (exact) mass is 513 g/mol. The van der Waals surface area contributed by atoms with Crippen LogP contribution in [0.2, 0.25) is 0 Å². The van der Waals surface area contributed by atoms with E-state index in [1.54, 1.807) is 6.07 Å². The fraction of sp³-hybridized carbons (Fsp3) is 0.0455. The molecular formula is C22H16IN3O2S. The van der Waals surface area contributed by atoms with Gasteiger partial charge in [-0.25, -0.2) is 4.98 Å². The SMILES string of the molecule is Cc1c(NC(=S)NC(=O)c2ccccc2I)cccc1-c1nc2ccccc2o1. The maximum atomic E-state index is 12.5. The molecule has 0 aliphatic carbocycles. The van der Waals surface area contributed by atoms with Gasteiger partial charge in [-0.15, -0.1) is 0 Å². The number of benzene rings is 3. The summed E-state index contributed by atoms with van der Waals surface area (Å²) in [6.07, 6.45) is 0. The molecule has 144 valence electrons. The first-order valence-electron chi connectivity index (χ1n) is 8.85. The van der Waals surface area contributed by atoms with Gasteiger partial charge in [0.2, 0.25) is 5.89 Å². The molecule has 0 aliphatic heterocycles. The van der Waals surface area contributed by atoms with E-state index in [4.69, 9.17) is 16.6 Å². The molecular weight excluding hydrogens is 497 g/mol. The summed E-state index contributed by atoms with van der Waals surface area (Å²) >= 11 is 7.47. The van der Waals surface area contributed by atoms with Crippen LogP contribution in [0.1, 0.15) is 15.9 Å². The molecule has 4 aromatic rings. The predicted octanol–water partition coefficient (Wildman–Crippen LogP) is 5.53. The van der Waals surface area contributed by atoms with E-state index in [2.05, 4.69) is 38.2 Å². The number of hydrogen-bond acceptors (Lipinski definition) is 4. The molecule has 0 spiro atoms. The van der Waals surface area contributed by atoms with E-state index >= 15 is 0 Å². The number of halogens is 1. The van der Waals surface area contributed by atoms with Gasteiger partial charge < -0.3 is 9.73 Å². The second kappa shape index (κ2) is 8.30. The fourth-order valence-electron chi connectivity index (χ4n) is 2.96. The largest absolute Gasteiger partial charge is 0.436 e.